The summed E-state index contributed by atoms with van der Waals surface area (Å²) in [5.74, 6) is -3.78. The molecule has 0 aliphatic heterocycles. The summed E-state index contributed by atoms with van der Waals surface area (Å²) in [4.78, 5) is 23.2. The smallest absolute Gasteiger partial charge is 0.748 e. The number of carbonyl (C=O) groups is 2. The summed E-state index contributed by atoms with van der Waals surface area (Å²) in [5, 5.41) is -1.43. The third kappa shape index (κ3) is 4.42. The molecule has 0 spiro atoms. The molecule has 0 radical (unpaired) electrons. The van der Waals surface area contributed by atoms with Crippen molar-refractivity contribution in [1.82, 2.24) is 0 Å². The second-order valence-electron chi connectivity index (χ2n) is 4.14. The minimum Gasteiger partial charge on any atom is -0.748 e. The van der Waals surface area contributed by atoms with Crippen molar-refractivity contribution in [3.05, 3.63) is 0 Å². The zero-order valence-electron chi connectivity index (χ0n) is 11.1. The molecular weight excluding hydrogens is 287 g/mol. The molecule has 1 rings (SSSR count). The van der Waals surface area contributed by atoms with Crippen molar-refractivity contribution < 1.29 is 61.6 Å². The zero-order valence-corrected chi connectivity index (χ0v) is 13.9. The van der Waals surface area contributed by atoms with Crippen LogP contribution in [0.2, 0.25) is 0 Å². The van der Waals surface area contributed by atoms with Crippen LogP contribution in [-0.4, -0.2) is 44.4 Å². The van der Waals surface area contributed by atoms with Crippen LogP contribution in [0, 0.1) is 11.8 Å². The molecule has 7 nitrogen and oxygen atoms in total. The van der Waals surface area contributed by atoms with Crippen molar-refractivity contribution in [3.63, 3.8) is 0 Å². The first-order chi connectivity index (χ1) is 8.32. The molecule has 0 heterocycles. The van der Waals surface area contributed by atoms with E-state index >= 15 is 0 Å². The Balaban J connectivity index is 0.00000324. The molecule has 3 unspecified atom stereocenters. The van der Waals surface area contributed by atoms with Gasteiger partial charge >= 0.3 is 41.5 Å². The van der Waals surface area contributed by atoms with E-state index in [0.29, 0.717) is 12.8 Å². The molecule has 1 aliphatic carbocycles. The fraction of sp³-hybridized carbons (Fsp3) is 0.800. The number of hydrogen-bond donors (Lipinski definition) is 0. The molecule has 0 N–H and O–H groups in total. The van der Waals surface area contributed by atoms with Crippen LogP contribution in [-0.2, 0) is 29.2 Å². The molecule has 0 saturated heterocycles. The Morgan fingerprint density at radius 1 is 1.11 bits per heavy atom. The number of carbonyl (C=O) groups excluding carboxylic acids is 2. The maximum absolute atomic E-state index is 11.6. The van der Waals surface area contributed by atoms with Gasteiger partial charge in [0, 0.05) is 0 Å². The standard InChI is InChI=1S/C10H16O7S.Na/c1-16-9(11)6-4-3-5-7(18(13,14)15)8(6)10(12)17-2;/h6-8H,3-5H2,1-2H3,(H,13,14,15);/q;+1/p-1. The van der Waals surface area contributed by atoms with Crippen molar-refractivity contribution in [2.24, 2.45) is 11.8 Å². The van der Waals surface area contributed by atoms with Crippen LogP contribution in [0.1, 0.15) is 19.3 Å². The van der Waals surface area contributed by atoms with Crippen molar-refractivity contribution in [2.75, 3.05) is 14.2 Å². The fourth-order valence-corrected chi connectivity index (χ4v) is 3.46. The van der Waals surface area contributed by atoms with E-state index < -0.39 is 39.1 Å². The zero-order chi connectivity index (χ0) is 13.9. The molecule has 104 valence electrons. The summed E-state index contributed by atoms with van der Waals surface area (Å²) in [7, 11) is -2.44. The molecule has 3 atom stereocenters. The summed E-state index contributed by atoms with van der Waals surface area (Å²) < 4.78 is 42.5. The first kappa shape index (κ1) is 18.9. The summed E-state index contributed by atoms with van der Waals surface area (Å²) in [6.45, 7) is 0. The normalized spacial score (nSPS) is 27.0. The van der Waals surface area contributed by atoms with Gasteiger partial charge in [0.05, 0.1) is 41.4 Å². The van der Waals surface area contributed by atoms with Gasteiger partial charge in [-0.3, -0.25) is 9.59 Å². The van der Waals surface area contributed by atoms with E-state index in [0.717, 1.165) is 14.2 Å². The van der Waals surface area contributed by atoms with Crippen molar-refractivity contribution >= 4 is 22.1 Å². The van der Waals surface area contributed by atoms with E-state index in [9.17, 15) is 22.6 Å². The van der Waals surface area contributed by atoms with E-state index in [4.69, 9.17) is 0 Å². The van der Waals surface area contributed by atoms with E-state index in [1.165, 1.54) is 0 Å². The van der Waals surface area contributed by atoms with Gasteiger partial charge in [0.25, 0.3) is 0 Å². The van der Waals surface area contributed by atoms with Crippen molar-refractivity contribution in [3.8, 4) is 0 Å². The first-order valence-electron chi connectivity index (χ1n) is 5.43. The average Bonchev–Trinajstić information content (AvgIpc) is 2.34. The van der Waals surface area contributed by atoms with Gasteiger partial charge in [-0.25, -0.2) is 8.42 Å². The molecule has 9 heteroatoms. The molecule has 0 aromatic heterocycles. The van der Waals surface area contributed by atoms with Gasteiger partial charge in [-0.15, -0.1) is 0 Å². The number of esters is 2. The Morgan fingerprint density at radius 3 is 2.05 bits per heavy atom. The molecule has 1 fully saturated rings. The number of ether oxygens (including phenoxy) is 2. The van der Waals surface area contributed by atoms with Gasteiger partial charge < -0.3 is 14.0 Å². The van der Waals surface area contributed by atoms with Crippen LogP contribution in [0.15, 0.2) is 0 Å². The molecular formula is C10H15NaO7S. The monoisotopic (exact) mass is 302 g/mol. The van der Waals surface area contributed by atoms with E-state index in [1.54, 1.807) is 0 Å². The van der Waals surface area contributed by atoms with E-state index in [1.807, 2.05) is 0 Å². The molecule has 0 bridgehead atoms. The minimum absolute atomic E-state index is 0. The molecule has 1 saturated carbocycles. The Kier molecular flexibility index (Phi) is 7.52. The predicted molar refractivity (Wildman–Crippen MR) is 58.3 cm³/mol. The topological polar surface area (TPSA) is 110 Å². The first-order valence-corrected chi connectivity index (χ1v) is 6.90. The van der Waals surface area contributed by atoms with Gasteiger partial charge in [0.15, 0.2) is 0 Å². The third-order valence-corrected chi connectivity index (χ3v) is 4.46. The molecule has 0 amide bonds. The van der Waals surface area contributed by atoms with Gasteiger partial charge in [-0.05, 0) is 12.8 Å². The largest absolute Gasteiger partial charge is 1.00 e. The van der Waals surface area contributed by atoms with Crippen LogP contribution in [0.25, 0.3) is 0 Å². The third-order valence-electron chi connectivity index (χ3n) is 3.19. The summed E-state index contributed by atoms with van der Waals surface area (Å²) in [6.07, 6.45) is 0.733. The minimum atomic E-state index is -4.66. The summed E-state index contributed by atoms with van der Waals surface area (Å²) >= 11 is 0. The quantitative estimate of drug-likeness (QED) is 0.304. The fourth-order valence-electron chi connectivity index (χ4n) is 2.35. The van der Waals surface area contributed by atoms with Crippen LogP contribution >= 0.6 is 0 Å². The Hall–Kier alpha value is -0.150. The second kappa shape index (κ2) is 7.58. The average molecular weight is 302 g/mol. The van der Waals surface area contributed by atoms with Crippen LogP contribution in [0.5, 0.6) is 0 Å². The van der Waals surface area contributed by atoms with E-state index in [-0.39, 0.29) is 36.0 Å². The van der Waals surface area contributed by atoms with Crippen molar-refractivity contribution in [2.45, 2.75) is 24.5 Å². The Labute approximate surface area is 134 Å². The van der Waals surface area contributed by atoms with Crippen molar-refractivity contribution in [1.29, 1.82) is 0 Å². The van der Waals surface area contributed by atoms with Gasteiger partial charge in [0.1, 0.15) is 0 Å². The van der Waals surface area contributed by atoms with Gasteiger partial charge in [-0.1, -0.05) is 6.42 Å². The SMILES string of the molecule is COC(=O)C1CCCC(S(=O)(=O)[O-])C1C(=O)OC.[Na+]. The van der Waals surface area contributed by atoms with Crippen LogP contribution in [0.3, 0.4) is 0 Å². The number of rotatable bonds is 3. The Bertz CT molecular complexity index is 433. The number of methoxy groups -OCH3 is 2. The van der Waals surface area contributed by atoms with Crippen LogP contribution < -0.4 is 29.6 Å². The summed E-state index contributed by atoms with van der Waals surface area (Å²) in [6, 6.07) is 0. The summed E-state index contributed by atoms with van der Waals surface area (Å²) in [5.41, 5.74) is 0. The molecule has 0 aromatic carbocycles. The molecule has 1 aliphatic rings. The number of hydrogen-bond acceptors (Lipinski definition) is 7. The maximum Gasteiger partial charge on any atom is 1.00 e. The second-order valence-corrected chi connectivity index (χ2v) is 5.73. The molecule has 19 heavy (non-hydrogen) atoms. The Morgan fingerprint density at radius 2 is 1.63 bits per heavy atom. The predicted octanol–water partition coefficient (Wildman–Crippen LogP) is -3.33. The maximum atomic E-state index is 11.6. The molecule has 0 aromatic rings. The van der Waals surface area contributed by atoms with Crippen LogP contribution in [0.4, 0.5) is 0 Å². The van der Waals surface area contributed by atoms with Gasteiger partial charge in [0.2, 0.25) is 0 Å². The van der Waals surface area contributed by atoms with E-state index in [2.05, 4.69) is 9.47 Å². The van der Waals surface area contributed by atoms with Gasteiger partial charge in [-0.2, -0.15) is 0 Å².